The van der Waals surface area contributed by atoms with E-state index < -0.39 is 17.7 Å². The highest BCUT2D eigenvalue weighted by atomic mass is 127. The molecule has 0 amide bonds. The molecule has 2 rings (SSSR count). The van der Waals surface area contributed by atoms with Gasteiger partial charge in [-0.05, 0) is 43.7 Å². The van der Waals surface area contributed by atoms with Gasteiger partial charge in [-0.15, -0.1) is 35.3 Å². The quantitative estimate of drug-likeness (QED) is 0.298. The Bertz CT molecular complexity index is 745. The van der Waals surface area contributed by atoms with Crippen LogP contribution in [0.3, 0.4) is 0 Å². The zero-order valence-corrected chi connectivity index (χ0v) is 18.2. The maximum atomic E-state index is 13.4. The second-order valence-electron chi connectivity index (χ2n) is 5.42. The van der Waals surface area contributed by atoms with Gasteiger partial charge in [-0.25, -0.2) is 8.78 Å². The predicted octanol–water partition coefficient (Wildman–Crippen LogP) is 4.65. The Labute approximate surface area is 177 Å². The van der Waals surface area contributed by atoms with E-state index >= 15 is 0 Å². The summed E-state index contributed by atoms with van der Waals surface area (Å²) < 4.78 is 27.0. The average Bonchev–Trinajstić information content (AvgIpc) is 3.01. The van der Waals surface area contributed by atoms with Gasteiger partial charge in [0.25, 0.3) is 0 Å². The van der Waals surface area contributed by atoms with Gasteiger partial charge in [-0.2, -0.15) is 0 Å². The fraction of sp³-hybridized carbons (Fsp3) is 0.353. The van der Waals surface area contributed by atoms with Crippen LogP contribution in [0.25, 0.3) is 0 Å². The molecule has 1 heterocycles. The van der Waals surface area contributed by atoms with E-state index in [1.165, 1.54) is 17.4 Å². The Morgan fingerprint density at radius 2 is 2.00 bits per heavy atom. The normalized spacial score (nSPS) is 13.7. The van der Waals surface area contributed by atoms with Gasteiger partial charge in [0.2, 0.25) is 0 Å². The Hall–Kier alpha value is -0.970. The Morgan fingerprint density at radius 1 is 1.27 bits per heavy atom. The van der Waals surface area contributed by atoms with E-state index in [1.807, 2.05) is 13.8 Å². The van der Waals surface area contributed by atoms with Crippen LogP contribution in [0.1, 0.15) is 36.4 Å². The van der Waals surface area contributed by atoms with E-state index in [0.29, 0.717) is 22.4 Å². The van der Waals surface area contributed by atoms with Crippen LogP contribution in [0.15, 0.2) is 35.3 Å². The van der Waals surface area contributed by atoms with Gasteiger partial charge in [-0.1, -0.05) is 17.7 Å². The number of halogens is 4. The monoisotopic (exact) mass is 515 g/mol. The van der Waals surface area contributed by atoms with Crippen LogP contribution < -0.4 is 10.6 Å². The largest absolute Gasteiger partial charge is 0.386 e. The smallest absolute Gasteiger partial charge is 0.191 e. The third-order valence-electron chi connectivity index (χ3n) is 3.49. The second-order valence-corrected chi connectivity index (χ2v) is 7.16. The van der Waals surface area contributed by atoms with Gasteiger partial charge >= 0.3 is 0 Å². The van der Waals surface area contributed by atoms with Crippen LogP contribution >= 0.6 is 46.9 Å². The molecule has 2 atom stereocenters. The third-order valence-corrected chi connectivity index (χ3v) is 4.82. The fourth-order valence-corrected chi connectivity index (χ4v) is 3.20. The molecule has 0 aliphatic heterocycles. The molecule has 0 fully saturated rings. The van der Waals surface area contributed by atoms with Crippen molar-refractivity contribution in [1.29, 1.82) is 0 Å². The third kappa shape index (κ3) is 6.64. The minimum Gasteiger partial charge on any atom is -0.386 e. The molecule has 0 aliphatic carbocycles. The van der Waals surface area contributed by atoms with Crippen molar-refractivity contribution in [2.24, 2.45) is 4.99 Å². The van der Waals surface area contributed by atoms with Crippen molar-refractivity contribution < 1.29 is 13.9 Å². The molecule has 0 aliphatic rings. The van der Waals surface area contributed by atoms with Gasteiger partial charge in [0.15, 0.2) is 17.6 Å². The lowest BCUT2D eigenvalue weighted by Gasteiger charge is -2.19. The van der Waals surface area contributed by atoms with Gasteiger partial charge in [0, 0.05) is 11.4 Å². The highest BCUT2D eigenvalue weighted by molar-refractivity contribution is 14.0. The topological polar surface area (TPSA) is 56.7 Å². The summed E-state index contributed by atoms with van der Waals surface area (Å²) in [4.78, 5) is 5.08. The van der Waals surface area contributed by atoms with Crippen molar-refractivity contribution in [3.63, 3.8) is 0 Å². The van der Waals surface area contributed by atoms with Crippen LogP contribution in [0.5, 0.6) is 0 Å². The van der Waals surface area contributed by atoms with Crippen LogP contribution in [-0.4, -0.2) is 24.2 Å². The SMILES string of the molecule is CCNC(=NCC(O)c1ccc(Cl)s1)NC(C)c1ccc(F)c(F)c1.I. The van der Waals surface area contributed by atoms with Crippen molar-refractivity contribution in [2.75, 3.05) is 13.1 Å². The molecule has 0 saturated heterocycles. The van der Waals surface area contributed by atoms with E-state index in [1.54, 1.807) is 12.1 Å². The molecular formula is C17H21ClF2IN3OS. The van der Waals surface area contributed by atoms with Crippen LogP contribution in [0.2, 0.25) is 4.34 Å². The molecule has 0 radical (unpaired) electrons. The molecule has 0 spiro atoms. The maximum absolute atomic E-state index is 13.4. The average molecular weight is 516 g/mol. The molecule has 0 bridgehead atoms. The van der Waals surface area contributed by atoms with Gasteiger partial charge in [0.1, 0.15) is 6.10 Å². The zero-order valence-electron chi connectivity index (χ0n) is 14.3. The van der Waals surface area contributed by atoms with E-state index in [9.17, 15) is 13.9 Å². The van der Waals surface area contributed by atoms with E-state index in [2.05, 4.69) is 15.6 Å². The molecular weight excluding hydrogens is 495 g/mol. The number of aliphatic imine (C=N–C) groups is 1. The van der Waals surface area contributed by atoms with Crippen molar-refractivity contribution >= 4 is 52.9 Å². The van der Waals surface area contributed by atoms with Crippen LogP contribution in [0.4, 0.5) is 8.78 Å². The molecule has 2 aromatic rings. The first-order chi connectivity index (χ1) is 11.9. The summed E-state index contributed by atoms with van der Waals surface area (Å²) in [7, 11) is 0. The number of benzene rings is 1. The summed E-state index contributed by atoms with van der Waals surface area (Å²) in [6, 6.07) is 6.96. The lowest BCUT2D eigenvalue weighted by Crippen LogP contribution is -2.39. The lowest BCUT2D eigenvalue weighted by atomic mass is 10.1. The number of nitrogens with zero attached hydrogens (tertiary/aromatic N) is 1. The molecule has 144 valence electrons. The van der Waals surface area contributed by atoms with Gasteiger partial charge in [0.05, 0.1) is 16.9 Å². The number of aliphatic hydroxyl groups excluding tert-OH is 1. The minimum absolute atomic E-state index is 0. The van der Waals surface area contributed by atoms with Crippen molar-refractivity contribution in [3.8, 4) is 0 Å². The van der Waals surface area contributed by atoms with Crippen molar-refractivity contribution in [2.45, 2.75) is 26.0 Å². The fourth-order valence-electron chi connectivity index (χ4n) is 2.17. The maximum Gasteiger partial charge on any atom is 0.191 e. The van der Waals surface area contributed by atoms with E-state index in [-0.39, 0.29) is 36.6 Å². The van der Waals surface area contributed by atoms with Crippen molar-refractivity contribution in [3.05, 3.63) is 56.7 Å². The van der Waals surface area contributed by atoms with Crippen LogP contribution in [-0.2, 0) is 0 Å². The molecule has 9 heteroatoms. The number of guanidine groups is 1. The number of hydrogen-bond acceptors (Lipinski definition) is 3. The van der Waals surface area contributed by atoms with Crippen molar-refractivity contribution in [1.82, 2.24) is 10.6 Å². The number of rotatable bonds is 6. The summed E-state index contributed by atoms with van der Waals surface area (Å²) in [6.07, 6.45) is -0.758. The summed E-state index contributed by atoms with van der Waals surface area (Å²) in [6.45, 7) is 4.50. The summed E-state index contributed by atoms with van der Waals surface area (Å²) in [5.41, 5.74) is 0.593. The molecule has 26 heavy (non-hydrogen) atoms. The Morgan fingerprint density at radius 3 is 2.58 bits per heavy atom. The molecule has 4 nitrogen and oxygen atoms in total. The zero-order chi connectivity index (χ0) is 18.4. The number of nitrogens with one attached hydrogen (secondary N) is 2. The van der Waals surface area contributed by atoms with Gasteiger partial charge in [-0.3, -0.25) is 4.99 Å². The number of aliphatic hydroxyl groups is 1. The lowest BCUT2D eigenvalue weighted by molar-refractivity contribution is 0.191. The molecule has 2 unspecified atom stereocenters. The first kappa shape index (κ1) is 23.1. The number of hydrogen-bond donors (Lipinski definition) is 3. The Balaban J connectivity index is 0.00000338. The minimum atomic E-state index is -0.891. The standard InChI is InChI=1S/C17H20ClF2N3OS.HI/c1-3-21-17(22-9-14(24)15-6-7-16(18)25-15)23-10(2)11-4-5-12(19)13(20)8-11;/h4-8,10,14,24H,3,9H2,1-2H3,(H2,21,22,23);1H. The van der Waals surface area contributed by atoms with Crippen LogP contribution in [0, 0.1) is 11.6 Å². The van der Waals surface area contributed by atoms with Gasteiger partial charge < -0.3 is 15.7 Å². The summed E-state index contributed by atoms with van der Waals surface area (Å²) >= 11 is 7.17. The Kier molecular flexibility index (Phi) is 9.77. The van der Waals surface area contributed by atoms with E-state index in [4.69, 9.17) is 11.6 Å². The first-order valence-corrected chi connectivity index (χ1v) is 9.03. The summed E-state index contributed by atoms with van der Waals surface area (Å²) in [5, 5.41) is 16.3. The highest BCUT2D eigenvalue weighted by Crippen LogP contribution is 2.27. The first-order valence-electron chi connectivity index (χ1n) is 7.83. The molecule has 1 aromatic heterocycles. The predicted molar refractivity (Wildman–Crippen MR) is 114 cm³/mol. The second kappa shape index (κ2) is 11.0. The molecule has 0 saturated carbocycles. The number of thiophene rings is 1. The highest BCUT2D eigenvalue weighted by Gasteiger charge is 2.13. The summed E-state index contributed by atoms with van der Waals surface area (Å²) in [5.74, 6) is -1.30. The molecule has 3 N–H and O–H groups in total. The van der Waals surface area contributed by atoms with E-state index in [0.717, 1.165) is 17.0 Å². The molecule has 1 aromatic carbocycles.